The van der Waals surface area contributed by atoms with Crippen LogP contribution in [0.2, 0.25) is 0 Å². The number of thiazole rings is 1. The van der Waals surface area contributed by atoms with E-state index in [1.165, 1.54) is 16.0 Å². The Morgan fingerprint density at radius 3 is 2.78 bits per heavy atom. The van der Waals surface area contributed by atoms with E-state index in [-0.39, 0.29) is 5.56 Å². The van der Waals surface area contributed by atoms with E-state index in [0.29, 0.717) is 10.7 Å². The molecule has 0 unspecified atom stereocenters. The van der Waals surface area contributed by atoms with Crippen LogP contribution in [-0.2, 0) is 0 Å². The van der Waals surface area contributed by atoms with Gasteiger partial charge in [-0.3, -0.25) is 9.89 Å². The standard InChI is InChI=1S/C19H15BrN4O2S/c1-11-15(18(25)24(23-11)13-5-3-12(20)4-6-13)10-21-19-22-16-8-7-14(26-2)9-17(16)27-19/h3-10,23H,1-2H3/b21-10+. The maximum atomic E-state index is 12.7. The van der Waals surface area contributed by atoms with Crippen LogP contribution in [0.25, 0.3) is 15.9 Å². The van der Waals surface area contributed by atoms with E-state index in [4.69, 9.17) is 4.74 Å². The van der Waals surface area contributed by atoms with Gasteiger partial charge in [-0.25, -0.2) is 14.7 Å². The molecule has 0 saturated carbocycles. The van der Waals surface area contributed by atoms with E-state index in [2.05, 4.69) is 31.0 Å². The van der Waals surface area contributed by atoms with E-state index in [1.807, 2.05) is 49.4 Å². The van der Waals surface area contributed by atoms with Gasteiger partial charge in [0, 0.05) is 16.4 Å². The van der Waals surface area contributed by atoms with Gasteiger partial charge in [0.1, 0.15) is 5.75 Å². The number of nitrogens with one attached hydrogen (secondary N) is 1. The smallest absolute Gasteiger partial charge is 0.280 e. The van der Waals surface area contributed by atoms with E-state index in [1.54, 1.807) is 13.3 Å². The fraction of sp³-hybridized carbons (Fsp3) is 0.105. The van der Waals surface area contributed by atoms with Crippen molar-refractivity contribution in [2.75, 3.05) is 7.11 Å². The van der Waals surface area contributed by atoms with Crippen molar-refractivity contribution in [2.45, 2.75) is 6.92 Å². The second kappa shape index (κ2) is 7.13. The molecule has 2 heterocycles. The largest absolute Gasteiger partial charge is 0.497 e. The maximum absolute atomic E-state index is 12.7. The third kappa shape index (κ3) is 3.45. The summed E-state index contributed by atoms with van der Waals surface area (Å²) in [5.41, 5.74) is 2.72. The number of methoxy groups -OCH3 is 1. The first-order valence-corrected chi connectivity index (χ1v) is 9.72. The van der Waals surface area contributed by atoms with Gasteiger partial charge in [0.25, 0.3) is 5.56 Å². The molecule has 4 aromatic rings. The zero-order valence-electron chi connectivity index (χ0n) is 14.6. The van der Waals surface area contributed by atoms with Crippen LogP contribution in [0.4, 0.5) is 5.13 Å². The second-order valence-corrected chi connectivity index (χ2v) is 7.78. The molecule has 2 aromatic carbocycles. The molecule has 0 amide bonds. The fourth-order valence-electron chi connectivity index (χ4n) is 2.68. The lowest BCUT2D eigenvalue weighted by Gasteiger charge is -2.00. The fourth-order valence-corrected chi connectivity index (χ4v) is 3.78. The zero-order chi connectivity index (χ0) is 19.0. The summed E-state index contributed by atoms with van der Waals surface area (Å²) < 4.78 is 8.68. The minimum absolute atomic E-state index is 0.152. The number of halogens is 1. The molecule has 0 spiro atoms. The van der Waals surface area contributed by atoms with Crippen molar-refractivity contribution < 1.29 is 4.74 Å². The lowest BCUT2D eigenvalue weighted by atomic mass is 10.3. The maximum Gasteiger partial charge on any atom is 0.280 e. The van der Waals surface area contributed by atoms with Crippen LogP contribution in [0, 0.1) is 6.92 Å². The number of benzene rings is 2. The predicted molar refractivity (Wildman–Crippen MR) is 112 cm³/mol. The first-order valence-electron chi connectivity index (χ1n) is 8.11. The first-order chi connectivity index (χ1) is 13.0. The zero-order valence-corrected chi connectivity index (χ0v) is 17.0. The van der Waals surface area contributed by atoms with Crippen molar-refractivity contribution in [1.29, 1.82) is 0 Å². The highest BCUT2D eigenvalue weighted by Gasteiger charge is 2.11. The summed E-state index contributed by atoms with van der Waals surface area (Å²) in [6, 6.07) is 13.2. The average Bonchev–Trinajstić information content (AvgIpc) is 3.20. The number of fused-ring (bicyclic) bond motifs is 1. The average molecular weight is 443 g/mol. The number of aromatic amines is 1. The second-order valence-electron chi connectivity index (χ2n) is 5.86. The summed E-state index contributed by atoms with van der Waals surface area (Å²) >= 11 is 4.85. The summed E-state index contributed by atoms with van der Waals surface area (Å²) in [5.74, 6) is 0.778. The molecule has 8 heteroatoms. The van der Waals surface area contributed by atoms with Gasteiger partial charge in [-0.2, -0.15) is 0 Å². The van der Waals surface area contributed by atoms with Gasteiger partial charge in [-0.05, 0) is 49.4 Å². The Kier molecular flexibility index (Phi) is 4.67. The van der Waals surface area contributed by atoms with Crippen LogP contribution < -0.4 is 10.3 Å². The minimum Gasteiger partial charge on any atom is -0.497 e. The molecule has 0 saturated heterocycles. The van der Waals surface area contributed by atoms with Crippen LogP contribution in [0.15, 0.2) is 56.7 Å². The number of ether oxygens (including phenoxy) is 1. The number of hydrogen-bond donors (Lipinski definition) is 1. The summed E-state index contributed by atoms with van der Waals surface area (Å²) in [6.45, 7) is 1.85. The van der Waals surface area contributed by atoms with E-state index in [0.717, 1.165) is 31.8 Å². The third-order valence-corrected chi connectivity index (χ3v) is 5.55. The van der Waals surface area contributed by atoms with E-state index < -0.39 is 0 Å². The Labute approximate surface area is 167 Å². The van der Waals surface area contributed by atoms with Gasteiger partial charge in [-0.15, -0.1) is 0 Å². The Hall–Kier alpha value is -2.71. The molecule has 0 fully saturated rings. The van der Waals surface area contributed by atoms with Gasteiger partial charge in [-0.1, -0.05) is 27.3 Å². The number of aryl methyl sites for hydroxylation is 1. The van der Waals surface area contributed by atoms with Gasteiger partial charge < -0.3 is 4.74 Å². The minimum atomic E-state index is -0.152. The van der Waals surface area contributed by atoms with Gasteiger partial charge in [0.15, 0.2) is 0 Å². The highest BCUT2D eigenvalue weighted by Crippen LogP contribution is 2.30. The van der Waals surface area contributed by atoms with Crippen molar-refractivity contribution in [3.8, 4) is 11.4 Å². The molecule has 4 rings (SSSR count). The Bertz CT molecular complexity index is 1200. The van der Waals surface area contributed by atoms with Gasteiger partial charge in [0.2, 0.25) is 5.13 Å². The molecule has 1 N–H and O–H groups in total. The molecule has 0 radical (unpaired) electrons. The Morgan fingerprint density at radius 2 is 2.04 bits per heavy atom. The van der Waals surface area contributed by atoms with Crippen LogP contribution >= 0.6 is 27.3 Å². The quantitative estimate of drug-likeness (QED) is 0.469. The van der Waals surface area contributed by atoms with Gasteiger partial charge >= 0.3 is 0 Å². The van der Waals surface area contributed by atoms with Gasteiger partial charge in [0.05, 0.1) is 28.6 Å². The highest BCUT2D eigenvalue weighted by atomic mass is 79.9. The van der Waals surface area contributed by atoms with Crippen LogP contribution in [0.1, 0.15) is 11.3 Å². The first kappa shape index (κ1) is 17.7. The van der Waals surface area contributed by atoms with Crippen molar-refractivity contribution in [3.63, 3.8) is 0 Å². The predicted octanol–water partition coefficient (Wildman–Crippen LogP) is 4.61. The van der Waals surface area contributed by atoms with E-state index >= 15 is 0 Å². The Morgan fingerprint density at radius 1 is 1.26 bits per heavy atom. The van der Waals surface area contributed by atoms with E-state index in [9.17, 15) is 4.79 Å². The number of rotatable bonds is 4. The number of H-pyrrole nitrogens is 1. The molecular weight excluding hydrogens is 428 g/mol. The highest BCUT2D eigenvalue weighted by molar-refractivity contribution is 9.10. The Balaban J connectivity index is 1.68. The molecule has 0 bridgehead atoms. The number of hydrogen-bond acceptors (Lipinski definition) is 5. The molecule has 0 aliphatic heterocycles. The summed E-state index contributed by atoms with van der Waals surface area (Å²) in [6.07, 6.45) is 1.57. The van der Waals surface area contributed by atoms with Crippen LogP contribution in [-0.4, -0.2) is 28.1 Å². The monoisotopic (exact) mass is 442 g/mol. The molecule has 2 aromatic heterocycles. The summed E-state index contributed by atoms with van der Waals surface area (Å²) in [4.78, 5) is 21.6. The van der Waals surface area contributed by atoms with Crippen molar-refractivity contribution in [3.05, 3.63) is 68.5 Å². The number of aromatic nitrogens is 3. The number of nitrogens with zero attached hydrogens (tertiary/aromatic N) is 3. The molecule has 6 nitrogen and oxygen atoms in total. The molecular formula is C19H15BrN4O2S. The third-order valence-electron chi connectivity index (χ3n) is 4.09. The normalized spacial score (nSPS) is 11.5. The van der Waals surface area contributed by atoms with Crippen LogP contribution in [0.3, 0.4) is 0 Å². The van der Waals surface area contributed by atoms with Crippen molar-refractivity contribution >= 4 is 48.8 Å². The summed E-state index contributed by atoms with van der Waals surface area (Å²) in [5, 5.41) is 3.68. The van der Waals surface area contributed by atoms with Crippen molar-refractivity contribution in [1.82, 2.24) is 14.8 Å². The topological polar surface area (TPSA) is 72.3 Å². The lowest BCUT2D eigenvalue weighted by molar-refractivity contribution is 0.415. The summed E-state index contributed by atoms with van der Waals surface area (Å²) in [7, 11) is 1.63. The van der Waals surface area contributed by atoms with Crippen molar-refractivity contribution in [2.24, 2.45) is 4.99 Å². The van der Waals surface area contributed by atoms with Crippen LogP contribution in [0.5, 0.6) is 5.75 Å². The SMILES string of the molecule is COc1ccc2nc(/N=C/c3c(C)[nH]n(-c4ccc(Br)cc4)c3=O)sc2c1. The molecule has 27 heavy (non-hydrogen) atoms. The molecule has 0 atom stereocenters. The molecule has 0 aliphatic carbocycles. The number of aliphatic imine (C=N–C) groups is 1. The molecule has 0 aliphatic rings. The lowest BCUT2D eigenvalue weighted by Crippen LogP contribution is -2.17. The molecule has 136 valence electrons.